The van der Waals surface area contributed by atoms with E-state index in [9.17, 15) is 9.18 Å². The zero-order valence-electron chi connectivity index (χ0n) is 11.6. The van der Waals surface area contributed by atoms with Crippen molar-refractivity contribution in [2.24, 2.45) is 0 Å². The van der Waals surface area contributed by atoms with Gasteiger partial charge in [0.1, 0.15) is 11.6 Å². The number of anilines is 1. The SMILES string of the molecule is Cc1ccc(NC(=O)COc2ccc(F)cc2CO)cc1. The first-order valence-corrected chi connectivity index (χ1v) is 6.47. The summed E-state index contributed by atoms with van der Waals surface area (Å²) in [5, 5.41) is 11.8. The Kier molecular flexibility index (Phi) is 4.90. The minimum atomic E-state index is -0.462. The van der Waals surface area contributed by atoms with Crippen molar-refractivity contribution < 1.29 is 19.0 Å². The number of aliphatic hydroxyl groups is 1. The molecule has 0 aliphatic carbocycles. The normalized spacial score (nSPS) is 10.2. The summed E-state index contributed by atoms with van der Waals surface area (Å²) in [6, 6.07) is 11.1. The molecule has 2 N–H and O–H groups in total. The minimum Gasteiger partial charge on any atom is -0.483 e. The summed E-state index contributed by atoms with van der Waals surface area (Å²) in [5.41, 5.74) is 2.08. The Morgan fingerprint density at radius 1 is 1.24 bits per heavy atom. The molecule has 0 bridgehead atoms. The summed E-state index contributed by atoms with van der Waals surface area (Å²) in [6.45, 7) is 1.39. The van der Waals surface area contributed by atoms with E-state index < -0.39 is 5.82 Å². The molecule has 0 atom stereocenters. The first-order chi connectivity index (χ1) is 10.1. The van der Waals surface area contributed by atoms with Crippen LogP contribution in [0.25, 0.3) is 0 Å². The van der Waals surface area contributed by atoms with Crippen molar-refractivity contribution >= 4 is 11.6 Å². The molecule has 0 aliphatic rings. The van der Waals surface area contributed by atoms with Crippen LogP contribution in [-0.4, -0.2) is 17.6 Å². The molecule has 2 rings (SSSR count). The lowest BCUT2D eigenvalue weighted by Crippen LogP contribution is -2.20. The van der Waals surface area contributed by atoms with Crippen molar-refractivity contribution in [3.05, 3.63) is 59.4 Å². The fourth-order valence-electron chi connectivity index (χ4n) is 1.79. The number of aliphatic hydroxyl groups excluding tert-OH is 1. The number of carbonyl (C=O) groups is 1. The number of amides is 1. The molecule has 21 heavy (non-hydrogen) atoms. The third kappa shape index (κ3) is 4.29. The van der Waals surface area contributed by atoms with Crippen molar-refractivity contribution in [2.75, 3.05) is 11.9 Å². The van der Waals surface area contributed by atoms with E-state index in [-0.39, 0.29) is 24.9 Å². The van der Waals surface area contributed by atoms with Crippen molar-refractivity contribution in [3.8, 4) is 5.75 Å². The largest absolute Gasteiger partial charge is 0.483 e. The number of rotatable bonds is 5. The van der Waals surface area contributed by atoms with E-state index in [1.807, 2.05) is 19.1 Å². The van der Waals surface area contributed by atoms with E-state index in [1.54, 1.807) is 12.1 Å². The Morgan fingerprint density at radius 2 is 1.95 bits per heavy atom. The Hall–Kier alpha value is -2.40. The lowest BCUT2D eigenvalue weighted by molar-refractivity contribution is -0.118. The van der Waals surface area contributed by atoms with Gasteiger partial charge in [-0.05, 0) is 37.3 Å². The summed E-state index contributed by atoms with van der Waals surface area (Å²) in [6.07, 6.45) is 0. The lowest BCUT2D eigenvalue weighted by atomic mass is 10.2. The van der Waals surface area contributed by atoms with Gasteiger partial charge in [0.2, 0.25) is 0 Å². The molecule has 0 aliphatic heterocycles. The Morgan fingerprint density at radius 3 is 2.62 bits per heavy atom. The summed E-state index contributed by atoms with van der Waals surface area (Å²) in [4.78, 5) is 11.8. The highest BCUT2D eigenvalue weighted by molar-refractivity contribution is 5.91. The summed E-state index contributed by atoms with van der Waals surface area (Å²) in [7, 11) is 0. The van der Waals surface area contributed by atoms with Gasteiger partial charge in [-0.25, -0.2) is 4.39 Å². The summed E-state index contributed by atoms with van der Waals surface area (Å²) < 4.78 is 18.3. The Bertz CT molecular complexity index is 626. The standard InChI is InChI=1S/C16H16FNO3/c1-11-2-5-14(6-3-11)18-16(20)10-21-15-7-4-13(17)8-12(15)9-19/h2-8,19H,9-10H2,1H3,(H,18,20). The molecule has 0 heterocycles. The molecule has 110 valence electrons. The molecule has 0 saturated heterocycles. The van der Waals surface area contributed by atoms with Crippen LogP contribution in [-0.2, 0) is 11.4 Å². The zero-order chi connectivity index (χ0) is 15.2. The molecule has 0 radical (unpaired) electrons. The second-order valence-electron chi connectivity index (χ2n) is 4.61. The van der Waals surface area contributed by atoms with E-state index in [0.29, 0.717) is 11.3 Å². The highest BCUT2D eigenvalue weighted by atomic mass is 19.1. The van der Waals surface area contributed by atoms with Gasteiger partial charge in [-0.2, -0.15) is 0 Å². The second-order valence-corrected chi connectivity index (χ2v) is 4.61. The topological polar surface area (TPSA) is 58.6 Å². The minimum absolute atomic E-state index is 0.216. The van der Waals surface area contributed by atoms with Crippen molar-refractivity contribution in [3.63, 3.8) is 0 Å². The van der Waals surface area contributed by atoms with Crippen LogP contribution in [0.2, 0.25) is 0 Å². The van der Waals surface area contributed by atoms with Gasteiger partial charge >= 0.3 is 0 Å². The maximum Gasteiger partial charge on any atom is 0.262 e. The predicted molar refractivity (Wildman–Crippen MR) is 77.6 cm³/mol. The first kappa shape index (κ1) is 15.0. The van der Waals surface area contributed by atoms with Crippen molar-refractivity contribution in [1.82, 2.24) is 0 Å². The molecule has 1 amide bonds. The van der Waals surface area contributed by atoms with E-state index in [2.05, 4.69) is 5.32 Å². The average Bonchev–Trinajstić information content (AvgIpc) is 2.48. The molecular weight excluding hydrogens is 273 g/mol. The molecule has 0 unspecified atom stereocenters. The molecule has 4 nitrogen and oxygen atoms in total. The van der Waals surface area contributed by atoms with Gasteiger partial charge in [-0.3, -0.25) is 4.79 Å². The second kappa shape index (κ2) is 6.85. The third-order valence-corrected chi connectivity index (χ3v) is 2.89. The fourth-order valence-corrected chi connectivity index (χ4v) is 1.79. The summed E-state index contributed by atoms with van der Waals surface area (Å²) in [5.74, 6) is -0.500. The van der Waals surface area contributed by atoms with Crippen LogP contribution < -0.4 is 10.1 Å². The van der Waals surface area contributed by atoms with E-state index >= 15 is 0 Å². The number of nitrogens with one attached hydrogen (secondary N) is 1. The van der Waals surface area contributed by atoms with Crippen LogP contribution in [0, 0.1) is 12.7 Å². The van der Waals surface area contributed by atoms with E-state index in [4.69, 9.17) is 9.84 Å². The quantitative estimate of drug-likeness (QED) is 0.889. The van der Waals surface area contributed by atoms with Gasteiger partial charge < -0.3 is 15.2 Å². The zero-order valence-corrected chi connectivity index (χ0v) is 11.6. The number of hydrogen-bond donors (Lipinski definition) is 2. The van der Waals surface area contributed by atoms with Gasteiger partial charge in [0, 0.05) is 11.3 Å². The van der Waals surface area contributed by atoms with Crippen LogP contribution in [0.15, 0.2) is 42.5 Å². The number of carbonyl (C=O) groups excluding carboxylic acids is 1. The third-order valence-electron chi connectivity index (χ3n) is 2.89. The molecule has 2 aromatic carbocycles. The van der Waals surface area contributed by atoms with Crippen LogP contribution in [0.5, 0.6) is 5.75 Å². The summed E-state index contributed by atoms with van der Waals surface area (Å²) >= 11 is 0. The highest BCUT2D eigenvalue weighted by Crippen LogP contribution is 2.19. The van der Waals surface area contributed by atoms with Gasteiger partial charge in [0.15, 0.2) is 6.61 Å². The Labute approximate surface area is 122 Å². The van der Waals surface area contributed by atoms with Crippen LogP contribution >= 0.6 is 0 Å². The van der Waals surface area contributed by atoms with E-state index in [0.717, 1.165) is 5.56 Å². The smallest absolute Gasteiger partial charge is 0.262 e. The number of benzene rings is 2. The molecular formula is C16H16FNO3. The monoisotopic (exact) mass is 289 g/mol. The molecule has 0 aromatic heterocycles. The van der Waals surface area contributed by atoms with Crippen molar-refractivity contribution in [1.29, 1.82) is 0 Å². The van der Waals surface area contributed by atoms with Gasteiger partial charge in [-0.15, -0.1) is 0 Å². The van der Waals surface area contributed by atoms with E-state index in [1.165, 1.54) is 18.2 Å². The first-order valence-electron chi connectivity index (χ1n) is 6.47. The number of halogens is 1. The molecule has 0 fully saturated rings. The Balaban J connectivity index is 1.93. The van der Waals surface area contributed by atoms with Crippen LogP contribution in [0.3, 0.4) is 0 Å². The van der Waals surface area contributed by atoms with Crippen LogP contribution in [0.4, 0.5) is 10.1 Å². The molecule has 0 spiro atoms. The van der Waals surface area contributed by atoms with Crippen LogP contribution in [0.1, 0.15) is 11.1 Å². The fraction of sp³-hybridized carbons (Fsp3) is 0.188. The lowest BCUT2D eigenvalue weighted by Gasteiger charge is -2.10. The molecule has 0 saturated carbocycles. The number of aryl methyl sites for hydroxylation is 1. The molecule has 2 aromatic rings. The maximum atomic E-state index is 13.0. The number of ether oxygens (including phenoxy) is 1. The molecule has 5 heteroatoms. The predicted octanol–water partition coefficient (Wildman–Crippen LogP) is 2.64. The highest BCUT2D eigenvalue weighted by Gasteiger charge is 2.08. The maximum absolute atomic E-state index is 13.0. The van der Waals surface area contributed by atoms with Crippen molar-refractivity contribution in [2.45, 2.75) is 13.5 Å². The van der Waals surface area contributed by atoms with Gasteiger partial charge in [0.25, 0.3) is 5.91 Å². The van der Waals surface area contributed by atoms with Gasteiger partial charge in [-0.1, -0.05) is 17.7 Å². The van der Waals surface area contributed by atoms with Gasteiger partial charge in [0.05, 0.1) is 6.61 Å². The average molecular weight is 289 g/mol. The number of hydrogen-bond acceptors (Lipinski definition) is 3.